The highest BCUT2D eigenvalue weighted by Gasteiger charge is 2.51. The third-order valence-corrected chi connectivity index (χ3v) is 6.43. The Labute approximate surface area is 197 Å². The molecule has 3 unspecified atom stereocenters. The van der Waals surface area contributed by atoms with E-state index in [9.17, 15) is 26.4 Å². The van der Waals surface area contributed by atoms with Gasteiger partial charge in [-0.15, -0.1) is 0 Å². The monoisotopic (exact) mass is 512 g/mol. The smallest absolute Gasteiger partial charge is 0.493 e. The second kappa shape index (κ2) is 12.2. The molecule has 2 rings (SSSR count). The van der Waals surface area contributed by atoms with Gasteiger partial charge in [-0.05, 0) is 30.0 Å². The van der Waals surface area contributed by atoms with E-state index in [1.807, 2.05) is 6.92 Å². The molecule has 1 aliphatic rings. The fraction of sp³-hybridized carbons (Fsp3) is 0.682. The van der Waals surface area contributed by atoms with Crippen LogP contribution in [0.4, 0.5) is 13.2 Å². The van der Waals surface area contributed by atoms with Crippen LogP contribution in [-0.4, -0.2) is 59.0 Å². The number of cyclic esters (lactones) is 1. The molecular formula is C22H31F3O8S. The summed E-state index contributed by atoms with van der Waals surface area (Å²) in [6.45, 7) is 5.80. The predicted octanol–water partition coefficient (Wildman–Crippen LogP) is 3.75. The molecule has 0 aromatic heterocycles. The van der Waals surface area contributed by atoms with Gasteiger partial charge in [0.05, 0.1) is 25.7 Å². The summed E-state index contributed by atoms with van der Waals surface area (Å²) in [6.07, 6.45) is -2.10. The van der Waals surface area contributed by atoms with Crippen LogP contribution in [0.2, 0.25) is 0 Å². The summed E-state index contributed by atoms with van der Waals surface area (Å²) in [4.78, 5) is 12.1. The maximum atomic E-state index is 12.9. The molecule has 194 valence electrons. The van der Waals surface area contributed by atoms with Crippen LogP contribution in [0.15, 0.2) is 18.2 Å². The maximum Gasteiger partial charge on any atom is 0.523 e. The Balaban J connectivity index is 2.07. The van der Waals surface area contributed by atoms with Gasteiger partial charge in [-0.1, -0.05) is 26.0 Å². The number of aryl methyl sites for hydroxylation is 1. The molecule has 1 fully saturated rings. The van der Waals surface area contributed by atoms with Crippen molar-refractivity contribution in [2.24, 2.45) is 11.8 Å². The standard InChI is InChI=1S/C22H31F3O8S/c1-14(2)17-11-19(32-21(17)26)20(33-34(27,28)22(23,24)25)13-30-12-16-7-6-15(3)18(10-16)31-9-5-8-29-4/h6-7,10,14,17,19-20H,5,8-9,11-13H2,1-4H3. The van der Waals surface area contributed by atoms with Gasteiger partial charge in [-0.25, -0.2) is 0 Å². The summed E-state index contributed by atoms with van der Waals surface area (Å²) >= 11 is 0. The second-order valence-corrected chi connectivity index (χ2v) is 9.97. The first kappa shape index (κ1) is 28.3. The topological polar surface area (TPSA) is 97.4 Å². The number of esters is 1. The third kappa shape index (κ3) is 7.82. The first-order valence-corrected chi connectivity index (χ1v) is 12.3. The van der Waals surface area contributed by atoms with Crippen molar-refractivity contribution < 1.29 is 49.5 Å². The van der Waals surface area contributed by atoms with Gasteiger partial charge in [-0.3, -0.25) is 8.98 Å². The second-order valence-electron chi connectivity index (χ2n) is 8.41. The molecule has 0 aliphatic carbocycles. The van der Waals surface area contributed by atoms with Crippen molar-refractivity contribution in [2.75, 3.05) is 26.9 Å². The van der Waals surface area contributed by atoms with Gasteiger partial charge >= 0.3 is 21.6 Å². The summed E-state index contributed by atoms with van der Waals surface area (Å²) < 4.78 is 87.7. The van der Waals surface area contributed by atoms with Crippen LogP contribution in [0.25, 0.3) is 0 Å². The van der Waals surface area contributed by atoms with Crippen LogP contribution in [-0.2, 0) is 39.9 Å². The number of hydrogen-bond donors (Lipinski definition) is 0. The quantitative estimate of drug-likeness (QED) is 0.171. The molecule has 1 heterocycles. The fourth-order valence-electron chi connectivity index (χ4n) is 3.39. The minimum Gasteiger partial charge on any atom is -0.493 e. The molecule has 0 bridgehead atoms. The summed E-state index contributed by atoms with van der Waals surface area (Å²) in [6, 6.07) is 5.29. The van der Waals surface area contributed by atoms with Gasteiger partial charge in [0.1, 0.15) is 18.0 Å². The lowest BCUT2D eigenvalue weighted by Crippen LogP contribution is -2.39. The Hall–Kier alpha value is -1.89. The van der Waals surface area contributed by atoms with Crippen LogP contribution in [0.1, 0.15) is 37.8 Å². The van der Waals surface area contributed by atoms with E-state index >= 15 is 0 Å². The van der Waals surface area contributed by atoms with E-state index < -0.39 is 46.3 Å². The first-order chi connectivity index (χ1) is 15.9. The Morgan fingerprint density at radius 2 is 1.91 bits per heavy atom. The highest BCUT2D eigenvalue weighted by molar-refractivity contribution is 7.87. The molecular weight excluding hydrogens is 481 g/mol. The Kier molecular flexibility index (Phi) is 10.2. The van der Waals surface area contributed by atoms with Crippen molar-refractivity contribution in [3.05, 3.63) is 29.3 Å². The van der Waals surface area contributed by atoms with Crippen LogP contribution in [0.3, 0.4) is 0 Å². The number of methoxy groups -OCH3 is 1. The number of ether oxygens (including phenoxy) is 4. The predicted molar refractivity (Wildman–Crippen MR) is 115 cm³/mol. The molecule has 0 radical (unpaired) electrons. The zero-order valence-corrected chi connectivity index (χ0v) is 20.4. The first-order valence-electron chi connectivity index (χ1n) is 10.8. The zero-order chi connectivity index (χ0) is 25.5. The number of carbonyl (C=O) groups excluding carboxylic acids is 1. The number of hydrogen-bond acceptors (Lipinski definition) is 8. The molecule has 34 heavy (non-hydrogen) atoms. The fourth-order valence-corrected chi connectivity index (χ4v) is 4.00. The third-order valence-electron chi connectivity index (χ3n) is 5.36. The molecule has 8 nitrogen and oxygen atoms in total. The molecule has 12 heteroatoms. The van der Waals surface area contributed by atoms with Crippen molar-refractivity contribution in [3.8, 4) is 5.75 Å². The van der Waals surface area contributed by atoms with Crippen LogP contribution >= 0.6 is 0 Å². The van der Waals surface area contributed by atoms with E-state index in [0.717, 1.165) is 5.56 Å². The molecule has 0 saturated carbocycles. The van der Waals surface area contributed by atoms with Crippen molar-refractivity contribution in [2.45, 2.75) is 57.9 Å². The average molecular weight is 513 g/mol. The summed E-state index contributed by atoms with van der Waals surface area (Å²) in [5.74, 6) is -0.686. The minimum atomic E-state index is -5.91. The lowest BCUT2D eigenvalue weighted by Gasteiger charge is -2.23. The van der Waals surface area contributed by atoms with Gasteiger partial charge in [0.15, 0.2) is 0 Å². The molecule has 1 aromatic rings. The molecule has 1 aromatic carbocycles. The summed E-state index contributed by atoms with van der Waals surface area (Å²) in [5.41, 5.74) is -4.07. The van der Waals surface area contributed by atoms with E-state index in [2.05, 4.69) is 4.18 Å². The highest BCUT2D eigenvalue weighted by atomic mass is 32.2. The molecule has 1 saturated heterocycles. The lowest BCUT2D eigenvalue weighted by molar-refractivity contribution is -0.149. The molecule has 0 amide bonds. The lowest BCUT2D eigenvalue weighted by atomic mass is 9.91. The summed E-state index contributed by atoms with van der Waals surface area (Å²) in [5, 5.41) is 0. The van der Waals surface area contributed by atoms with Crippen molar-refractivity contribution >= 4 is 16.1 Å². The van der Waals surface area contributed by atoms with Crippen molar-refractivity contribution in [1.82, 2.24) is 0 Å². The number of benzene rings is 1. The van der Waals surface area contributed by atoms with Crippen LogP contribution in [0, 0.1) is 18.8 Å². The van der Waals surface area contributed by atoms with Gasteiger partial charge in [0.25, 0.3) is 0 Å². The van der Waals surface area contributed by atoms with Gasteiger partial charge < -0.3 is 18.9 Å². The Morgan fingerprint density at radius 3 is 2.50 bits per heavy atom. The van der Waals surface area contributed by atoms with E-state index in [-0.39, 0.29) is 18.9 Å². The van der Waals surface area contributed by atoms with E-state index in [4.69, 9.17) is 18.9 Å². The number of rotatable bonds is 13. The highest BCUT2D eigenvalue weighted by Crippen LogP contribution is 2.33. The minimum absolute atomic E-state index is 0.0297. The molecule has 3 atom stereocenters. The van der Waals surface area contributed by atoms with E-state index in [0.29, 0.717) is 30.9 Å². The molecule has 1 aliphatic heterocycles. The van der Waals surface area contributed by atoms with Crippen molar-refractivity contribution in [1.29, 1.82) is 0 Å². The Morgan fingerprint density at radius 1 is 1.21 bits per heavy atom. The largest absolute Gasteiger partial charge is 0.523 e. The maximum absolute atomic E-state index is 12.9. The van der Waals surface area contributed by atoms with E-state index in [1.165, 1.54) is 0 Å². The van der Waals surface area contributed by atoms with Gasteiger partial charge in [0.2, 0.25) is 0 Å². The van der Waals surface area contributed by atoms with E-state index in [1.54, 1.807) is 39.2 Å². The average Bonchev–Trinajstić information content (AvgIpc) is 3.13. The van der Waals surface area contributed by atoms with Crippen molar-refractivity contribution in [3.63, 3.8) is 0 Å². The zero-order valence-electron chi connectivity index (χ0n) is 19.6. The molecule has 0 spiro atoms. The summed E-state index contributed by atoms with van der Waals surface area (Å²) in [7, 11) is -4.32. The molecule has 0 N–H and O–H groups in total. The number of halogens is 3. The number of alkyl halides is 3. The number of carbonyl (C=O) groups is 1. The SMILES string of the molecule is COCCCOc1cc(COCC(OS(=O)(=O)C(F)(F)F)C2CC(C(C)C)C(=O)O2)ccc1C. The van der Waals surface area contributed by atoms with Crippen LogP contribution < -0.4 is 4.74 Å². The Bertz CT molecular complexity index is 917. The van der Waals surface area contributed by atoms with Crippen LogP contribution in [0.5, 0.6) is 5.75 Å². The normalized spacial score (nSPS) is 19.9. The van der Waals surface area contributed by atoms with Gasteiger partial charge in [0, 0.05) is 26.6 Å². The van der Waals surface area contributed by atoms with Gasteiger partial charge in [-0.2, -0.15) is 21.6 Å².